The highest BCUT2D eigenvalue weighted by Gasteiger charge is 2.09. The minimum atomic E-state index is 0.926. The second-order valence-corrected chi connectivity index (χ2v) is 6.98. The summed E-state index contributed by atoms with van der Waals surface area (Å²) in [6.45, 7) is 4.13. The van der Waals surface area contributed by atoms with Gasteiger partial charge in [0.25, 0.3) is 0 Å². The lowest BCUT2D eigenvalue weighted by Gasteiger charge is -2.11. The average Bonchev–Trinajstić information content (AvgIpc) is 2.91. The maximum Gasteiger partial charge on any atom is 0.160 e. The van der Waals surface area contributed by atoms with Crippen molar-refractivity contribution in [2.45, 2.75) is 25.2 Å². The van der Waals surface area contributed by atoms with E-state index >= 15 is 0 Å². The normalized spacial score (nSPS) is 11.3. The van der Waals surface area contributed by atoms with Gasteiger partial charge in [-0.25, -0.2) is 4.98 Å². The molecule has 0 atom stereocenters. The Morgan fingerprint density at radius 2 is 1.96 bits per heavy atom. The first kappa shape index (κ1) is 15.8. The van der Waals surface area contributed by atoms with E-state index in [9.17, 15) is 0 Å². The van der Waals surface area contributed by atoms with Gasteiger partial charge in [-0.1, -0.05) is 6.92 Å². The second-order valence-electron chi connectivity index (χ2n) is 5.59. The number of aryl methyl sites for hydroxylation is 2. The van der Waals surface area contributed by atoms with Crippen LogP contribution >= 0.6 is 11.9 Å². The Morgan fingerprint density at radius 3 is 2.61 bits per heavy atom. The summed E-state index contributed by atoms with van der Waals surface area (Å²) in [6.07, 6.45) is 2.82. The van der Waals surface area contributed by atoms with Crippen molar-refractivity contribution in [3.05, 3.63) is 47.8 Å². The molecule has 0 saturated carbocycles. The van der Waals surface area contributed by atoms with E-state index in [-0.39, 0.29) is 0 Å². The van der Waals surface area contributed by atoms with Crippen LogP contribution < -0.4 is 5.32 Å². The van der Waals surface area contributed by atoms with Gasteiger partial charge in [-0.3, -0.25) is 4.31 Å². The molecule has 0 fully saturated rings. The first-order chi connectivity index (χ1) is 11.1. The van der Waals surface area contributed by atoms with E-state index in [4.69, 9.17) is 0 Å². The van der Waals surface area contributed by atoms with Crippen LogP contribution in [0.3, 0.4) is 0 Å². The summed E-state index contributed by atoms with van der Waals surface area (Å²) >= 11 is 1.70. The number of hydrogen-bond acceptors (Lipinski definition) is 5. The van der Waals surface area contributed by atoms with Crippen LogP contribution in [0.25, 0.3) is 5.65 Å². The van der Waals surface area contributed by atoms with Crippen molar-refractivity contribution in [3.63, 3.8) is 0 Å². The van der Waals surface area contributed by atoms with Crippen LogP contribution in [0.1, 0.15) is 18.2 Å². The minimum absolute atomic E-state index is 0.926. The van der Waals surface area contributed by atoms with Gasteiger partial charge in [0.05, 0.1) is 6.20 Å². The van der Waals surface area contributed by atoms with Crippen LogP contribution in [0.5, 0.6) is 0 Å². The lowest BCUT2D eigenvalue weighted by Crippen LogP contribution is -2.03. The molecule has 23 heavy (non-hydrogen) atoms. The number of aromatic nitrogens is 3. The predicted octanol–water partition coefficient (Wildman–Crippen LogP) is 3.91. The topological polar surface area (TPSA) is 45.5 Å². The number of rotatable bonds is 5. The van der Waals surface area contributed by atoms with E-state index in [2.05, 4.69) is 50.9 Å². The molecule has 0 aliphatic heterocycles. The summed E-state index contributed by atoms with van der Waals surface area (Å²) in [6, 6.07) is 10.4. The van der Waals surface area contributed by atoms with E-state index < -0.39 is 0 Å². The molecule has 120 valence electrons. The summed E-state index contributed by atoms with van der Waals surface area (Å²) in [5.74, 6) is 0.931. The molecule has 0 radical (unpaired) electrons. The predicted molar refractivity (Wildman–Crippen MR) is 96.4 cm³/mol. The fourth-order valence-corrected chi connectivity index (χ4v) is 3.11. The van der Waals surface area contributed by atoms with Gasteiger partial charge >= 0.3 is 0 Å². The molecule has 1 aromatic carbocycles. The van der Waals surface area contributed by atoms with Gasteiger partial charge in [-0.2, -0.15) is 9.61 Å². The largest absolute Gasteiger partial charge is 0.340 e. The summed E-state index contributed by atoms with van der Waals surface area (Å²) in [4.78, 5) is 5.82. The lowest BCUT2D eigenvalue weighted by atomic mass is 10.2. The number of nitrogens with one attached hydrogen (secondary N) is 1. The van der Waals surface area contributed by atoms with Gasteiger partial charge in [0.1, 0.15) is 5.82 Å². The van der Waals surface area contributed by atoms with Crippen LogP contribution in [0.4, 0.5) is 11.5 Å². The Labute approximate surface area is 140 Å². The molecule has 2 aromatic heterocycles. The van der Waals surface area contributed by atoms with Crippen LogP contribution in [0.15, 0.2) is 41.4 Å². The number of fused-ring (bicyclic) bond motifs is 1. The van der Waals surface area contributed by atoms with Crippen molar-refractivity contribution in [2.75, 3.05) is 19.4 Å². The van der Waals surface area contributed by atoms with Gasteiger partial charge in [0, 0.05) is 27.9 Å². The average molecular weight is 327 g/mol. The van der Waals surface area contributed by atoms with Gasteiger partial charge < -0.3 is 5.32 Å². The van der Waals surface area contributed by atoms with Crippen molar-refractivity contribution in [1.29, 1.82) is 0 Å². The molecule has 1 N–H and O–H groups in total. The molecule has 3 aromatic rings. The zero-order chi connectivity index (χ0) is 16.4. The second kappa shape index (κ2) is 6.60. The van der Waals surface area contributed by atoms with E-state index in [1.807, 2.05) is 37.8 Å². The minimum Gasteiger partial charge on any atom is -0.340 e. The molecule has 3 rings (SSSR count). The van der Waals surface area contributed by atoms with E-state index in [0.717, 1.165) is 34.8 Å². The molecule has 0 bridgehead atoms. The van der Waals surface area contributed by atoms with Gasteiger partial charge in [-0.05, 0) is 63.7 Å². The smallest absolute Gasteiger partial charge is 0.160 e. The molecule has 6 heteroatoms. The molecule has 0 spiro atoms. The highest BCUT2D eigenvalue weighted by atomic mass is 32.2. The number of anilines is 2. The summed E-state index contributed by atoms with van der Waals surface area (Å²) in [7, 11) is 4.08. The van der Waals surface area contributed by atoms with E-state index in [1.54, 1.807) is 11.9 Å². The third kappa shape index (κ3) is 3.48. The van der Waals surface area contributed by atoms with Crippen molar-refractivity contribution >= 4 is 29.1 Å². The first-order valence-electron chi connectivity index (χ1n) is 7.63. The molecule has 0 unspecified atom stereocenters. The highest BCUT2D eigenvalue weighted by Crippen LogP contribution is 2.24. The Bertz CT molecular complexity index is 808. The molecule has 2 heterocycles. The maximum atomic E-state index is 4.61. The molecule has 5 nitrogen and oxygen atoms in total. The molecule has 0 saturated heterocycles. The SMILES string of the molecule is CCc1cnn2c(Nc3ccc(SN(C)C)cc3)cc(C)nc12. The van der Waals surface area contributed by atoms with Crippen LogP contribution in [-0.2, 0) is 6.42 Å². The zero-order valence-corrected chi connectivity index (χ0v) is 14.7. The van der Waals surface area contributed by atoms with Gasteiger partial charge in [0.15, 0.2) is 5.65 Å². The third-order valence-electron chi connectivity index (χ3n) is 3.47. The summed E-state index contributed by atoms with van der Waals surface area (Å²) in [5, 5.41) is 7.91. The molecule has 0 amide bonds. The van der Waals surface area contributed by atoms with Gasteiger partial charge in [0.2, 0.25) is 0 Å². The fourth-order valence-electron chi connectivity index (χ4n) is 2.43. The molecular weight excluding hydrogens is 306 g/mol. The van der Waals surface area contributed by atoms with E-state index in [1.165, 1.54) is 4.90 Å². The maximum absolute atomic E-state index is 4.61. The van der Waals surface area contributed by atoms with E-state index in [0.29, 0.717) is 0 Å². The van der Waals surface area contributed by atoms with Crippen molar-refractivity contribution in [1.82, 2.24) is 18.9 Å². The van der Waals surface area contributed by atoms with Crippen molar-refractivity contribution in [3.8, 4) is 0 Å². The highest BCUT2D eigenvalue weighted by molar-refractivity contribution is 7.97. The summed E-state index contributed by atoms with van der Waals surface area (Å²) < 4.78 is 3.95. The van der Waals surface area contributed by atoms with Crippen LogP contribution in [0, 0.1) is 6.92 Å². The summed E-state index contributed by atoms with van der Waals surface area (Å²) in [5.41, 5.74) is 4.10. The quantitative estimate of drug-likeness (QED) is 0.720. The molecule has 0 aliphatic carbocycles. The number of nitrogens with zero attached hydrogens (tertiary/aromatic N) is 4. The monoisotopic (exact) mass is 327 g/mol. The number of hydrogen-bond donors (Lipinski definition) is 1. The molecule has 0 aliphatic rings. The first-order valence-corrected chi connectivity index (χ1v) is 8.41. The van der Waals surface area contributed by atoms with Crippen LogP contribution in [-0.4, -0.2) is 33.0 Å². The Kier molecular flexibility index (Phi) is 4.54. The number of benzene rings is 1. The zero-order valence-electron chi connectivity index (χ0n) is 13.9. The standard InChI is InChI=1S/C17H21N5S/c1-5-13-11-18-22-16(10-12(2)19-17(13)22)20-14-6-8-15(9-7-14)23-21(3)4/h6-11,20H,5H2,1-4H3. The fraction of sp³-hybridized carbons (Fsp3) is 0.294. The van der Waals surface area contributed by atoms with Crippen LogP contribution in [0.2, 0.25) is 0 Å². The molecular formula is C17H21N5S. The van der Waals surface area contributed by atoms with Gasteiger partial charge in [-0.15, -0.1) is 0 Å². The lowest BCUT2D eigenvalue weighted by molar-refractivity contribution is 0.702. The van der Waals surface area contributed by atoms with Crippen molar-refractivity contribution < 1.29 is 0 Å². The van der Waals surface area contributed by atoms with Crippen molar-refractivity contribution in [2.24, 2.45) is 0 Å². The Balaban J connectivity index is 1.90. The Morgan fingerprint density at radius 1 is 1.22 bits per heavy atom. The third-order valence-corrected chi connectivity index (χ3v) is 4.32. The Hall–Kier alpha value is -2.05.